The second-order valence-corrected chi connectivity index (χ2v) is 11.6. The number of epoxide rings is 1. The van der Waals surface area contributed by atoms with Crippen LogP contribution in [-0.2, 0) is 27.9 Å². The molecule has 0 aromatic heterocycles. The number of hydrogen-bond acceptors (Lipinski definition) is 9. The summed E-state index contributed by atoms with van der Waals surface area (Å²) in [5.41, 5.74) is 5.35. The average Bonchev–Trinajstić information content (AvgIpc) is 3.64. The zero-order valence-corrected chi connectivity index (χ0v) is 23.1. The molecule has 0 saturated carbocycles. The van der Waals surface area contributed by atoms with Crippen LogP contribution in [0.1, 0.15) is 96.8 Å². The lowest BCUT2D eigenvalue weighted by Gasteiger charge is -2.21. The topological polar surface area (TPSA) is 161 Å². The van der Waals surface area contributed by atoms with Crippen LogP contribution >= 0.6 is 7.82 Å². The van der Waals surface area contributed by atoms with Crippen LogP contribution in [0, 0.1) is 0 Å². The molecule has 7 atom stereocenters. The molecule has 5 N–H and O–H groups in total. The molecule has 2 aliphatic rings. The number of aliphatic hydroxyl groups is 2. The number of allylic oxidation sites excluding steroid dienone is 2. The molecule has 2 rings (SSSR count). The first-order chi connectivity index (χ1) is 17.7. The van der Waals surface area contributed by atoms with Gasteiger partial charge < -0.3 is 30.3 Å². The summed E-state index contributed by atoms with van der Waals surface area (Å²) in [7, 11) is -4.41. The number of ether oxygens (including phenoxy) is 2. The molecule has 1 fully saturated rings. The summed E-state index contributed by atoms with van der Waals surface area (Å²) >= 11 is 0. The summed E-state index contributed by atoms with van der Waals surface area (Å²) in [5.74, 6) is -0.341. The summed E-state index contributed by atoms with van der Waals surface area (Å²) in [4.78, 5) is 22.4. The van der Waals surface area contributed by atoms with Crippen LogP contribution in [0.4, 0.5) is 0 Å². The first-order valence-electron chi connectivity index (χ1n) is 14.0. The number of phosphoric ester groups is 1. The fourth-order valence-electron chi connectivity index (χ4n) is 4.62. The quantitative estimate of drug-likeness (QED) is 0.171. The Bertz CT molecular complexity index is 722. The van der Waals surface area contributed by atoms with Gasteiger partial charge in [-0.2, -0.15) is 0 Å². The number of hydrogen-bond donors (Lipinski definition) is 4. The van der Waals surface area contributed by atoms with Gasteiger partial charge in [-0.1, -0.05) is 44.3 Å². The fraction of sp³-hybridized carbons (Fsp3) is 0.885. The molecule has 0 spiro atoms. The Morgan fingerprint density at radius 2 is 1.65 bits per heavy atom. The lowest BCUT2D eigenvalue weighted by Crippen LogP contribution is -2.34. The van der Waals surface area contributed by atoms with Crippen molar-refractivity contribution in [3.8, 4) is 0 Å². The first-order valence-corrected chi connectivity index (χ1v) is 15.4. The van der Waals surface area contributed by atoms with E-state index in [-0.39, 0.29) is 38.1 Å². The number of esters is 1. The van der Waals surface area contributed by atoms with Crippen molar-refractivity contribution in [2.45, 2.75) is 133 Å². The van der Waals surface area contributed by atoms with Gasteiger partial charge in [0.2, 0.25) is 0 Å². The molecule has 7 unspecified atom stereocenters. The van der Waals surface area contributed by atoms with Crippen molar-refractivity contribution in [3.05, 3.63) is 12.2 Å². The van der Waals surface area contributed by atoms with Gasteiger partial charge in [-0.3, -0.25) is 13.8 Å². The van der Waals surface area contributed by atoms with E-state index in [1.807, 2.05) is 6.92 Å². The Morgan fingerprint density at radius 3 is 2.38 bits per heavy atom. The van der Waals surface area contributed by atoms with Crippen LogP contribution in [0.25, 0.3) is 0 Å². The summed E-state index contributed by atoms with van der Waals surface area (Å²) in [5, 5.41) is 21.1. The second-order valence-electron chi connectivity index (χ2n) is 10.2. The highest BCUT2D eigenvalue weighted by molar-refractivity contribution is 7.47. The summed E-state index contributed by atoms with van der Waals surface area (Å²) in [6.07, 6.45) is 11.1. The first kappa shape index (κ1) is 32.4. The van der Waals surface area contributed by atoms with E-state index < -0.39 is 38.3 Å². The summed E-state index contributed by atoms with van der Waals surface area (Å²) in [6.45, 7) is 1.77. The van der Waals surface area contributed by atoms with Crippen molar-refractivity contribution in [3.63, 3.8) is 0 Å². The maximum atomic E-state index is 12.3. The maximum absolute atomic E-state index is 12.3. The molecule has 0 aliphatic carbocycles. The lowest BCUT2D eigenvalue weighted by atomic mass is 9.98. The molecule has 2 heterocycles. The third-order valence-electron chi connectivity index (χ3n) is 6.77. The molecule has 11 heteroatoms. The van der Waals surface area contributed by atoms with Gasteiger partial charge in [0.15, 0.2) is 0 Å². The fourth-order valence-corrected chi connectivity index (χ4v) is 5.58. The minimum Gasteiger partial charge on any atom is -0.463 e. The van der Waals surface area contributed by atoms with Gasteiger partial charge in [0.05, 0.1) is 24.9 Å². The number of aliphatic hydroxyl groups excluding tert-OH is 2. The van der Waals surface area contributed by atoms with Crippen LogP contribution < -0.4 is 5.73 Å². The highest BCUT2D eigenvalue weighted by Crippen LogP contribution is 2.48. The van der Waals surface area contributed by atoms with E-state index in [2.05, 4.69) is 12.2 Å². The molecule has 0 radical (unpaired) electrons. The molecule has 2 aliphatic heterocycles. The number of carbonyl (C=O) groups excluding carboxylic acids is 1. The van der Waals surface area contributed by atoms with Gasteiger partial charge in [0.1, 0.15) is 18.3 Å². The predicted octanol–water partition coefficient (Wildman–Crippen LogP) is 3.90. The van der Waals surface area contributed by atoms with Crippen LogP contribution in [0.15, 0.2) is 12.2 Å². The molecule has 37 heavy (non-hydrogen) atoms. The molecule has 10 nitrogen and oxygen atoms in total. The van der Waals surface area contributed by atoms with Crippen LogP contribution in [0.3, 0.4) is 0 Å². The van der Waals surface area contributed by atoms with E-state index in [4.69, 9.17) is 24.3 Å². The molecular weight excluding hydrogens is 501 g/mol. The molecule has 216 valence electrons. The predicted molar refractivity (Wildman–Crippen MR) is 140 cm³/mol. The van der Waals surface area contributed by atoms with Crippen molar-refractivity contribution in [1.82, 2.24) is 0 Å². The van der Waals surface area contributed by atoms with Crippen LogP contribution in [-0.4, -0.2) is 70.9 Å². The molecule has 0 aromatic carbocycles. The van der Waals surface area contributed by atoms with E-state index in [0.717, 1.165) is 57.8 Å². The van der Waals surface area contributed by atoms with E-state index in [0.29, 0.717) is 12.8 Å². The normalized spacial score (nSPS) is 33.9. The van der Waals surface area contributed by atoms with Crippen molar-refractivity contribution in [2.75, 3.05) is 13.2 Å². The summed E-state index contributed by atoms with van der Waals surface area (Å²) < 4.78 is 33.6. The number of fused-ring (bicyclic) bond motifs is 1. The number of phosphoric acid groups is 1. The Morgan fingerprint density at radius 1 is 0.973 bits per heavy atom. The second kappa shape index (κ2) is 17.7. The zero-order valence-electron chi connectivity index (χ0n) is 22.2. The Hall–Kier alpha value is -0.840. The number of rotatable bonds is 5. The van der Waals surface area contributed by atoms with E-state index in [1.165, 1.54) is 6.42 Å². The van der Waals surface area contributed by atoms with Gasteiger partial charge >= 0.3 is 13.8 Å². The average molecular weight is 550 g/mol. The van der Waals surface area contributed by atoms with E-state index in [9.17, 15) is 24.5 Å². The Labute approximate surface area is 221 Å². The maximum Gasteiger partial charge on any atom is 0.472 e. The van der Waals surface area contributed by atoms with Gasteiger partial charge in [-0.25, -0.2) is 4.57 Å². The van der Waals surface area contributed by atoms with Gasteiger partial charge in [-0.15, -0.1) is 0 Å². The molecule has 0 bridgehead atoms. The van der Waals surface area contributed by atoms with Crippen molar-refractivity contribution in [2.24, 2.45) is 5.73 Å². The number of carbonyl (C=O) groups is 1. The zero-order chi connectivity index (χ0) is 27.1. The minimum atomic E-state index is -4.41. The highest BCUT2D eigenvalue weighted by atomic mass is 31.2. The number of cyclic esters (lactones) is 1. The molecular formula is C26H48NO9P. The van der Waals surface area contributed by atoms with E-state index >= 15 is 0 Å². The SMILES string of the molecule is CC1CCCC=CCCCCCCCCC(O)C(O)C2OC2C(OP(=O)(O)OCCN)CCCC(=O)O1. The molecule has 1 saturated heterocycles. The molecule has 0 aromatic rings. The minimum absolute atomic E-state index is 0.0480. The monoisotopic (exact) mass is 549 g/mol. The van der Waals surface area contributed by atoms with Crippen molar-refractivity contribution >= 4 is 13.8 Å². The summed E-state index contributed by atoms with van der Waals surface area (Å²) in [6, 6.07) is 0. The lowest BCUT2D eigenvalue weighted by molar-refractivity contribution is -0.148. The Kier molecular flexibility index (Phi) is 15.5. The van der Waals surface area contributed by atoms with E-state index in [1.54, 1.807) is 0 Å². The van der Waals surface area contributed by atoms with Gasteiger partial charge in [0.25, 0.3) is 0 Å². The smallest absolute Gasteiger partial charge is 0.463 e. The largest absolute Gasteiger partial charge is 0.472 e. The Balaban J connectivity index is 1.97. The highest BCUT2D eigenvalue weighted by Gasteiger charge is 2.53. The molecule has 0 amide bonds. The third-order valence-corrected chi connectivity index (χ3v) is 7.82. The third kappa shape index (κ3) is 13.7. The van der Waals surface area contributed by atoms with Gasteiger partial charge in [-0.05, 0) is 58.3 Å². The van der Waals surface area contributed by atoms with Crippen LogP contribution in [0.5, 0.6) is 0 Å². The van der Waals surface area contributed by atoms with Crippen LogP contribution in [0.2, 0.25) is 0 Å². The van der Waals surface area contributed by atoms with Gasteiger partial charge in [0, 0.05) is 13.0 Å². The van der Waals surface area contributed by atoms with Crippen molar-refractivity contribution in [1.29, 1.82) is 0 Å². The standard InChI is InChI=1S/C26H48NO9P/c1-20-14-11-9-7-5-3-2-4-6-8-10-12-15-21(28)24(30)26-25(35-26)22(16-13-17-23(29)34-20)36-37(31,32)33-19-18-27/h5,7,20-22,24-26,28,30H,2-4,6,8-19,27H2,1H3,(H,31,32). The van der Waals surface area contributed by atoms with Crippen molar-refractivity contribution < 1.29 is 43.0 Å². The number of nitrogens with two attached hydrogens (primary N) is 1.